The number of allylic oxidation sites excluding steroid dienone is 9. The van der Waals surface area contributed by atoms with E-state index in [-0.39, 0.29) is 24.8 Å². The largest absolute Gasteiger partial charge is 0.465 e. The van der Waals surface area contributed by atoms with Crippen molar-refractivity contribution >= 4 is 11.9 Å². The van der Waals surface area contributed by atoms with E-state index < -0.39 is 29.3 Å². The smallest absolute Gasteiger partial charge is 0.432 e. The molecule has 0 aliphatic heterocycles. The van der Waals surface area contributed by atoms with Gasteiger partial charge >= 0.3 is 18.0 Å². The van der Waals surface area contributed by atoms with Crippen molar-refractivity contribution in [1.29, 1.82) is 0 Å². The highest BCUT2D eigenvalue weighted by atomic mass is 19.3. The first-order chi connectivity index (χ1) is 20.6. The maximum absolute atomic E-state index is 15.1. The standard InChI is InChI=1S/C34H44F4O5/c1-4-18-32(40)42-26-16-12-10-13-19-27-20-17-21-28(24-23-27)43-34(37,38)33(29(35)5-2)30(36)22-14-9-7-8-11-15-25-41-31(39)6-3/h4-6,14,17,21-24H,1,3,7-13,15-16,18-20,25-26H2,2H3/b22-14+,29-5+,33-30-. The van der Waals surface area contributed by atoms with Gasteiger partial charge in [0.25, 0.3) is 0 Å². The lowest BCUT2D eigenvalue weighted by Crippen LogP contribution is -2.24. The quantitative estimate of drug-likeness (QED) is 0.0306. The maximum Gasteiger partial charge on any atom is 0.432 e. The fourth-order valence-corrected chi connectivity index (χ4v) is 4.03. The average molecular weight is 609 g/mol. The molecule has 0 unspecified atom stereocenters. The Morgan fingerprint density at radius 1 is 0.953 bits per heavy atom. The lowest BCUT2D eigenvalue weighted by Gasteiger charge is -2.20. The molecule has 0 saturated carbocycles. The van der Waals surface area contributed by atoms with Crippen LogP contribution < -0.4 is 0 Å². The number of esters is 2. The van der Waals surface area contributed by atoms with E-state index in [1.165, 1.54) is 31.2 Å². The number of ether oxygens (including phenoxy) is 3. The van der Waals surface area contributed by atoms with Crippen LogP contribution in [0.5, 0.6) is 0 Å². The lowest BCUT2D eigenvalue weighted by atomic mass is 10.0. The van der Waals surface area contributed by atoms with Crippen molar-refractivity contribution in [2.45, 2.75) is 90.1 Å². The summed E-state index contributed by atoms with van der Waals surface area (Å²) in [5, 5.41) is 0. The average Bonchev–Trinajstić information content (AvgIpc) is 3.19. The highest BCUT2D eigenvalue weighted by molar-refractivity contribution is 5.81. The van der Waals surface area contributed by atoms with Gasteiger partial charge in [-0.15, -0.1) is 6.58 Å². The second kappa shape index (κ2) is 22.0. The Labute approximate surface area is 253 Å². The van der Waals surface area contributed by atoms with Gasteiger partial charge in [0.1, 0.15) is 23.0 Å². The lowest BCUT2D eigenvalue weighted by molar-refractivity contribution is -0.179. The molecular formula is C34H44F4O5. The van der Waals surface area contributed by atoms with Crippen molar-refractivity contribution in [1.82, 2.24) is 0 Å². The zero-order valence-corrected chi connectivity index (χ0v) is 25.1. The summed E-state index contributed by atoms with van der Waals surface area (Å²) in [6.45, 7) is 8.64. The number of hydrogen-bond donors (Lipinski definition) is 0. The van der Waals surface area contributed by atoms with Crippen LogP contribution in [0.3, 0.4) is 0 Å². The van der Waals surface area contributed by atoms with Crippen LogP contribution in [0.25, 0.3) is 0 Å². The summed E-state index contributed by atoms with van der Waals surface area (Å²) in [6.07, 6.45) is 15.6. The van der Waals surface area contributed by atoms with Crippen LogP contribution in [0.15, 0.2) is 96.4 Å². The summed E-state index contributed by atoms with van der Waals surface area (Å²) < 4.78 is 74.1. The molecular weight excluding hydrogens is 564 g/mol. The van der Waals surface area contributed by atoms with Gasteiger partial charge in [-0.05, 0) is 70.1 Å². The topological polar surface area (TPSA) is 61.8 Å². The zero-order chi connectivity index (χ0) is 31.9. The molecule has 0 atom stereocenters. The van der Waals surface area contributed by atoms with Crippen LogP contribution >= 0.6 is 0 Å². The van der Waals surface area contributed by atoms with Gasteiger partial charge in [-0.1, -0.05) is 68.2 Å². The van der Waals surface area contributed by atoms with Crippen LogP contribution in [0.1, 0.15) is 84.0 Å². The Balaban J connectivity index is 2.63. The molecule has 0 radical (unpaired) electrons. The fraction of sp³-hybridized carbons (Fsp3) is 0.471. The van der Waals surface area contributed by atoms with Gasteiger partial charge in [0, 0.05) is 6.08 Å². The Bertz CT molecular complexity index is 1100. The van der Waals surface area contributed by atoms with Gasteiger partial charge in [0.15, 0.2) is 0 Å². The minimum atomic E-state index is -4.25. The van der Waals surface area contributed by atoms with Crippen molar-refractivity contribution in [3.05, 3.63) is 96.4 Å². The first kappa shape index (κ1) is 37.4. The second-order valence-electron chi connectivity index (χ2n) is 9.83. The van der Waals surface area contributed by atoms with Crippen molar-refractivity contribution in [3.8, 4) is 0 Å². The van der Waals surface area contributed by atoms with Gasteiger partial charge in [0.2, 0.25) is 0 Å². The monoisotopic (exact) mass is 608 g/mol. The molecule has 238 valence electrons. The first-order valence-electron chi connectivity index (χ1n) is 14.7. The summed E-state index contributed by atoms with van der Waals surface area (Å²) in [5.41, 5.74) is -0.453. The third kappa shape index (κ3) is 16.6. The highest BCUT2D eigenvalue weighted by Crippen LogP contribution is 2.37. The van der Waals surface area contributed by atoms with E-state index >= 15 is 8.78 Å². The molecule has 0 fully saturated rings. The molecule has 0 amide bonds. The second-order valence-corrected chi connectivity index (χ2v) is 9.83. The van der Waals surface area contributed by atoms with E-state index in [0.29, 0.717) is 32.3 Å². The Kier molecular flexibility index (Phi) is 19.1. The van der Waals surface area contributed by atoms with E-state index in [9.17, 15) is 18.4 Å². The predicted molar refractivity (Wildman–Crippen MR) is 161 cm³/mol. The van der Waals surface area contributed by atoms with E-state index in [1.807, 2.05) is 0 Å². The maximum atomic E-state index is 15.1. The van der Waals surface area contributed by atoms with Crippen LogP contribution in [0.4, 0.5) is 17.6 Å². The molecule has 0 N–H and O–H groups in total. The van der Waals surface area contributed by atoms with Crippen LogP contribution in [-0.4, -0.2) is 31.3 Å². The number of rotatable bonds is 22. The summed E-state index contributed by atoms with van der Waals surface area (Å²) in [5.74, 6) is -3.81. The van der Waals surface area contributed by atoms with E-state index in [4.69, 9.17) is 14.2 Å². The molecule has 0 saturated heterocycles. The minimum Gasteiger partial charge on any atom is -0.465 e. The summed E-state index contributed by atoms with van der Waals surface area (Å²) in [6, 6.07) is 0. The molecule has 9 heteroatoms. The molecule has 0 spiro atoms. The summed E-state index contributed by atoms with van der Waals surface area (Å²) >= 11 is 0. The van der Waals surface area contributed by atoms with Crippen molar-refractivity contribution < 1.29 is 41.4 Å². The van der Waals surface area contributed by atoms with E-state index in [1.54, 1.807) is 12.2 Å². The molecule has 43 heavy (non-hydrogen) atoms. The summed E-state index contributed by atoms with van der Waals surface area (Å²) in [4.78, 5) is 22.3. The van der Waals surface area contributed by atoms with Crippen LogP contribution in [0.2, 0.25) is 0 Å². The van der Waals surface area contributed by atoms with Gasteiger partial charge in [-0.3, -0.25) is 4.79 Å². The third-order valence-electron chi connectivity index (χ3n) is 6.32. The third-order valence-corrected chi connectivity index (χ3v) is 6.32. The molecule has 0 aromatic carbocycles. The van der Waals surface area contributed by atoms with Gasteiger partial charge in [0.05, 0.1) is 19.6 Å². The van der Waals surface area contributed by atoms with Gasteiger partial charge in [-0.2, -0.15) is 8.78 Å². The van der Waals surface area contributed by atoms with Crippen molar-refractivity contribution in [3.63, 3.8) is 0 Å². The van der Waals surface area contributed by atoms with E-state index in [0.717, 1.165) is 68.7 Å². The van der Waals surface area contributed by atoms with Crippen molar-refractivity contribution in [2.75, 3.05) is 13.2 Å². The molecule has 1 aliphatic carbocycles. The summed E-state index contributed by atoms with van der Waals surface area (Å²) in [7, 11) is 0. The SMILES string of the molecule is C=CCC(=O)OCCCCCCC1=CC=C(OC(F)(F)C(=C(F)/C=C/CCCCCCOC(=O)C=C)/C(F)=C\C)C=CC1. The van der Waals surface area contributed by atoms with Crippen molar-refractivity contribution in [2.24, 2.45) is 0 Å². The van der Waals surface area contributed by atoms with Crippen LogP contribution in [-0.2, 0) is 23.8 Å². The Morgan fingerprint density at radius 3 is 2.30 bits per heavy atom. The predicted octanol–water partition coefficient (Wildman–Crippen LogP) is 9.77. The molecule has 0 aromatic rings. The van der Waals surface area contributed by atoms with Gasteiger partial charge in [-0.25, -0.2) is 13.6 Å². The molecule has 0 heterocycles. The fourth-order valence-electron chi connectivity index (χ4n) is 4.03. The normalized spacial score (nSPS) is 14.4. The Morgan fingerprint density at radius 2 is 1.63 bits per heavy atom. The molecule has 1 aliphatic rings. The number of unbranched alkanes of at least 4 members (excludes halogenated alkanes) is 7. The molecule has 0 aromatic heterocycles. The molecule has 1 rings (SSSR count). The number of halogens is 4. The number of alkyl halides is 2. The first-order valence-corrected chi connectivity index (χ1v) is 14.7. The van der Waals surface area contributed by atoms with Gasteiger partial charge < -0.3 is 14.2 Å². The number of carbonyl (C=O) groups is 2. The minimum absolute atomic E-state index is 0.196. The number of hydrogen-bond acceptors (Lipinski definition) is 5. The molecule has 5 nitrogen and oxygen atoms in total. The van der Waals surface area contributed by atoms with E-state index in [2.05, 4.69) is 13.2 Å². The number of carbonyl (C=O) groups excluding carboxylic acids is 2. The van der Waals surface area contributed by atoms with Crippen LogP contribution in [0, 0.1) is 0 Å². The Hall–Kier alpha value is -3.62. The zero-order valence-electron chi connectivity index (χ0n) is 25.1. The molecule has 0 bridgehead atoms. The highest BCUT2D eigenvalue weighted by Gasteiger charge is 2.42.